The maximum absolute atomic E-state index is 11.0. The van der Waals surface area contributed by atoms with Gasteiger partial charge >= 0.3 is 0 Å². The number of benzene rings is 2. The highest BCUT2D eigenvalue weighted by atomic mass is 16.3. The summed E-state index contributed by atoms with van der Waals surface area (Å²) in [4.78, 5) is 11.0. The third-order valence-electron chi connectivity index (χ3n) is 2.64. The summed E-state index contributed by atoms with van der Waals surface area (Å²) in [6.07, 6.45) is 0. The predicted molar refractivity (Wildman–Crippen MR) is 66.8 cm³/mol. The van der Waals surface area contributed by atoms with Crippen molar-refractivity contribution >= 4 is 5.91 Å². The number of rotatable bonds is 2. The second-order valence-corrected chi connectivity index (χ2v) is 3.96. The Hall–Kier alpha value is -2.29. The van der Waals surface area contributed by atoms with E-state index in [2.05, 4.69) is 0 Å². The third-order valence-corrected chi connectivity index (χ3v) is 2.64. The molecule has 0 spiro atoms. The van der Waals surface area contributed by atoms with E-state index in [1.54, 1.807) is 12.1 Å². The zero-order valence-corrected chi connectivity index (χ0v) is 9.47. The summed E-state index contributed by atoms with van der Waals surface area (Å²) in [6.45, 7) is 2.00. The van der Waals surface area contributed by atoms with Gasteiger partial charge in [-0.15, -0.1) is 0 Å². The van der Waals surface area contributed by atoms with Gasteiger partial charge in [0.05, 0.1) is 0 Å². The standard InChI is InChI=1S/C14H13NO2/c1-9-2-4-10(5-3-9)12-7-6-11(14(15)17)8-13(12)16/h2-8,16H,1H3,(H2,15,17). The minimum Gasteiger partial charge on any atom is -0.507 e. The lowest BCUT2D eigenvalue weighted by Gasteiger charge is -2.06. The molecule has 1 amide bonds. The number of phenolic OH excluding ortho intramolecular Hbond substituents is 1. The summed E-state index contributed by atoms with van der Waals surface area (Å²) in [5, 5.41) is 9.86. The number of hydrogen-bond acceptors (Lipinski definition) is 2. The molecule has 3 heteroatoms. The van der Waals surface area contributed by atoms with E-state index in [-0.39, 0.29) is 5.75 Å². The molecule has 0 aromatic heterocycles. The van der Waals surface area contributed by atoms with Crippen LogP contribution in [0.4, 0.5) is 0 Å². The number of nitrogens with two attached hydrogens (primary N) is 1. The van der Waals surface area contributed by atoms with Crippen LogP contribution in [0.25, 0.3) is 11.1 Å². The molecule has 0 aliphatic heterocycles. The monoisotopic (exact) mass is 227 g/mol. The van der Waals surface area contributed by atoms with E-state index in [9.17, 15) is 9.90 Å². The molecule has 2 aromatic rings. The number of hydrogen-bond donors (Lipinski definition) is 2. The van der Waals surface area contributed by atoms with E-state index in [0.29, 0.717) is 11.1 Å². The Bertz CT molecular complexity index is 559. The van der Waals surface area contributed by atoms with Crippen molar-refractivity contribution in [2.45, 2.75) is 6.92 Å². The van der Waals surface area contributed by atoms with Crippen LogP contribution in [-0.2, 0) is 0 Å². The number of amides is 1. The lowest BCUT2D eigenvalue weighted by molar-refractivity contribution is 0.1000. The minimum absolute atomic E-state index is 0.0603. The van der Waals surface area contributed by atoms with Gasteiger partial charge in [0.15, 0.2) is 0 Å². The molecule has 0 atom stereocenters. The molecule has 0 unspecified atom stereocenters. The largest absolute Gasteiger partial charge is 0.507 e. The van der Waals surface area contributed by atoms with Crippen LogP contribution in [0.5, 0.6) is 5.75 Å². The van der Waals surface area contributed by atoms with Gasteiger partial charge in [-0.3, -0.25) is 4.79 Å². The molecule has 17 heavy (non-hydrogen) atoms. The van der Waals surface area contributed by atoms with Crippen molar-refractivity contribution in [1.29, 1.82) is 0 Å². The molecule has 3 N–H and O–H groups in total. The Balaban J connectivity index is 2.46. The molecular weight excluding hydrogens is 214 g/mol. The van der Waals surface area contributed by atoms with Crippen molar-refractivity contribution in [2.24, 2.45) is 5.73 Å². The van der Waals surface area contributed by atoms with E-state index < -0.39 is 5.91 Å². The summed E-state index contributed by atoms with van der Waals surface area (Å²) < 4.78 is 0. The van der Waals surface area contributed by atoms with Crippen LogP contribution in [0.3, 0.4) is 0 Å². The maximum atomic E-state index is 11.0. The van der Waals surface area contributed by atoms with E-state index >= 15 is 0 Å². The average Bonchev–Trinajstić information content (AvgIpc) is 2.30. The highest BCUT2D eigenvalue weighted by molar-refractivity contribution is 5.94. The van der Waals surface area contributed by atoms with Crippen LogP contribution in [0.1, 0.15) is 15.9 Å². The number of phenols is 1. The average molecular weight is 227 g/mol. The first-order chi connectivity index (χ1) is 8.08. The molecular formula is C14H13NO2. The molecule has 0 aliphatic rings. The van der Waals surface area contributed by atoms with Crippen LogP contribution in [0.2, 0.25) is 0 Å². The number of aromatic hydroxyl groups is 1. The zero-order valence-electron chi connectivity index (χ0n) is 9.47. The Kier molecular flexibility index (Phi) is 2.83. The van der Waals surface area contributed by atoms with E-state index in [4.69, 9.17) is 5.73 Å². The first-order valence-corrected chi connectivity index (χ1v) is 5.28. The summed E-state index contributed by atoms with van der Waals surface area (Å²) in [6, 6.07) is 12.5. The van der Waals surface area contributed by atoms with Crippen molar-refractivity contribution in [2.75, 3.05) is 0 Å². The van der Waals surface area contributed by atoms with Crippen molar-refractivity contribution in [1.82, 2.24) is 0 Å². The van der Waals surface area contributed by atoms with E-state index in [1.807, 2.05) is 31.2 Å². The van der Waals surface area contributed by atoms with Gasteiger partial charge in [-0.2, -0.15) is 0 Å². The van der Waals surface area contributed by atoms with Gasteiger partial charge in [-0.05, 0) is 30.7 Å². The smallest absolute Gasteiger partial charge is 0.248 e. The molecule has 0 heterocycles. The van der Waals surface area contributed by atoms with Gasteiger partial charge in [-0.25, -0.2) is 0 Å². The summed E-state index contributed by atoms with van der Waals surface area (Å²) in [7, 11) is 0. The highest BCUT2D eigenvalue weighted by Crippen LogP contribution is 2.29. The first kappa shape index (κ1) is 11.2. The minimum atomic E-state index is -0.546. The number of aryl methyl sites for hydroxylation is 1. The Morgan fingerprint density at radius 3 is 2.29 bits per heavy atom. The molecule has 0 fully saturated rings. The van der Waals surface area contributed by atoms with Crippen LogP contribution in [-0.4, -0.2) is 11.0 Å². The normalized spacial score (nSPS) is 10.2. The van der Waals surface area contributed by atoms with Crippen LogP contribution >= 0.6 is 0 Å². The summed E-state index contributed by atoms with van der Waals surface area (Å²) in [5.41, 5.74) is 8.20. The summed E-state index contributed by atoms with van der Waals surface area (Å²) in [5.74, 6) is -0.485. The Morgan fingerprint density at radius 1 is 1.12 bits per heavy atom. The molecule has 2 aromatic carbocycles. The van der Waals surface area contributed by atoms with Crippen molar-refractivity contribution in [3.63, 3.8) is 0 Å². The molecule has 0 bridgehead atoms. The van der Waals surface area contributed by atoms with Gasteiger partial charge in [0.2, 0.25) is 5.91 Å². The Morgan fingerprint density at radius 2 is 1.76 bits per heavy atom. The maximum Gasteiger partial charge on any atom is 0.248 e. The lowest BCUT2D eigenvalue weighted by Crippen LogP contribution is -2.10. The van der Waals surface area contributed by atoms with Crippen LogP contribution in [0, 0.1) is 6.92 Å². The molecule has 0 radical (unpaired) electrons. The zero-order chi connectivity index (χ0) is 12.4. The van der Waals surface area contributed by atoms with E-state index in [1.165, 1.54) is 6.07 Å². The fourth-order valence-electron chi connectivity index (χ4n) is 1.66. The topological polar surface area (TPSA) is 63.3 Å². The molecule has 86 valence electrons. The van der Waals surface area contributed by atoms with Gasteiger partial charge in [0.1, 0.15) is 5.75 Å². The molecule has 0 saturated carbocycles. The van der Waals surface area contributed by atoms with Crippen LogP contribution in [0.15, 0.2) is 42.5 Å². The molecule has 2 rings (SSSR count). The predicted octanol–water partition coefficient (Wildman–Crippen LogP) is 2.47. The van der Waals surface area contributed by atoms with E-state index in [0.717, 1.165) is 11.1 Å². The second-order valence-electron chi connectivity index (χ2n) is 3.96. The third kappa shape index (κ3) is 2.28. The quantitative estimate of drug-likeness (QED) is 0.827. The van der Waals surface area contributed by atoms with Gasteiger partial charge < -0.3 is 10.8 Å². The van der Waals surface area contributed by atoms with Crippen molar-refractivity contribution < 1.29 is 9.90 Å². The van der Waals surface area contributed by atoms with Crippen LogP contribution < -0.4 is 5.73 Å². The lowest BCUT2D eigenvalue weighted by atomic mass is 10.0. The SMILES string of the molecule is Cc1ccc(-c2ccc(C(N)=O)cc2O)cc1. The van der Waals surface area contributed by atoms with Gasteiger partial charge in [0.25, 0.3) is 0 Å². The fraction of sp³-hybridized carbons (Fsp3) is 0.0714. The number of primary amides is 1. The highest BCUT2D eigenvalue weighted by Gasteiger charge is 2.07. The van der Waals surface area contributed by atoms with Gasteiger partial charge in [-0.1, -0.05) is 29.8 Å². The number of carbonyl (C=O) groups is 1. The Labute approximate surface area is 99.5 Å². The van der Waals surface area contributed by atoms with Crippen molar-refractivity contribution in [3.8, 4) is 16.9 Å². The molecule has 3 nitrogen and oxygen atoms in total. The second kappa shape index (κ2) is 4.29. The van der Waals surface area contributed by atoms with Crippen molar-refractivity contribution in [3.05, 3.63) is 53.6 Å². The molecule has 0 saturated heterocycles. The summed E-state index contributed by atoms with van der Waals surface area (Å²) >= 11 is 0. The fourth-order valence-corrected chi connectivity index (χ4v) is 1.66. The number of carbonyl (C=O) groups excluding carboxylic acids is 1. The molecule has 0 aliphatic carbocycles. The first-order valence-electron chi connectivity index (χ1n) is 5.28. The van der Waals surface area contributed by atoms with Gasteiger partial charge in [0, 0.05) is 11.1 Å².